The Morgan fingerprint density at radius 2 is 1.79 bits per heavy atom. The number of carbonyl (C=O) groups is 2. The number of imidazole rings is 1. The van der Waals surface area contributed by atoms with E-state index in [-0.39, 0.29) is 17.7 Å². The molecule has 1 aromatic heterocycles. The first-order valence-corrected chi connectivity index (χ1v) is 10.4. The fourth-order valence-corrected chi connectivity index (χ4v) is 3.70. The Kier molecular flexibility index (Phi) is 5.62. The Bertz CT molecular complexity index is 946. The van der Waals surface area contributed by atoms with E-state index in [4.69, 9.17) is 0 Å². The lowest BCUT2D eigenvalue weighted by molar-refractivity contribution is -0.122. The smallest absolute Gasteiger partial charge is 0.251 e. The largest absolute Gasteiger partial charge is 0.354 e. The topological polar surface area (TPSA) is 86.9 Å². The van der Waals surface area contributed by atoms with E-state index >= 15 is 0 Å². The van der Waals surface area contributed by atoms with Crippen molar-refractivity contribution in [2.45, 2.75) is 23.8 Å². The minimum Gasteiger partial charge on any atom is -0.354 e. The van der Waals surface area contributed by atoms with Crippen molar-refractivity contribution in [1.82, 2.24) is 20.6 Å². The van der Waals surface area contributed by atoms with Crippen LogP contribution in [0.25, 0.3) is 11.0 Å². The zero-order chi connectivity index (χ0) is 19.3. The molecule has 2 aromatic carbocycles. The summed E-state index contributed by atoms with van der Waals surface area (Å²) in [5.74, 6) is 0.938. The first-order valence-electron chi connectivity index (χ1n) is 9.41. The number of aromatic amines is 1. The summed E-state index contributed by atoms with van der Waals surface area (Å²) in [4.78, 5) is 31.6. The Hall–Kier alpha value is -2.80. The van der Waals surface area contributed by atoms with Gasteiger partial charge in [0.2, 0.25) is 5.91 Å². The number of nitrogens with zero attached hydrogens (tertiary/aromatic N) is 1. The third kappa shape index (κ3) is 4.72. The van der Waals surface area contributed by atoms with Gasteiger partial charge in [-0.05, 0) is 42.7 Å². The highest BCUT2D eigenvalue weighted by Crippen LogP contribution is 2.28. The van der Waals surface area contributed by atoms with E-state index in [1.54, 1.807) is 11.8 Å². The van der Waals surface area contributed by atoms with Crippen molar-refractivity contribution < 1.29 is 9.59 Å². The molecule has 1 fully saturated rings. The monoisotopic (exact) mass is 394 g/mol. The summed E-state index contributed by atoms with van der Waals surface area (Å²) in [5, 5.41) is 6.55. The summed E-state index contributed by atoms with van der Waals surface area (Å²) < 4.78 is 0. The molecular weight excluding hydrogens is 372 g/mol. The van der Waals surface area contributed by atoms with E-state index in [0.717, 1.165) is 40.3 Å². The van der Waals surface area contributed by atoms with Crippen molar-refractivity contribution in [2.75, 3.05) is 13.1 Å². The maximum atomic E-state index is 12.2. The number of carbonyl (C=O) groups excluding carboxylic acids is 2. The Labute approximate surface area is 167 Å². The van der Waals surface area contributed by atoms with E-state index in [2.05, 4.69) is 20.6 Å². The number of para-hydroxylation sites is 2. The highest BCUT2D eigenvalue weighted by Gasteiger charge is 2.28. The lowest BCUT2D eigenvalue weighted by Gasteiger charge is -2.07. The zero-order valence-electron chi connectivity index (χ0n) is 15.4. The number of nitrogens with one attached hydrogen (secondary N) is 3. The maximum Gasteiger partial charge on any atom is 0.251 e. The number of hydrogen-bond acceptors (Lipinski definition) is 4. The second-order valence-corrected chi connectivity index (χ2v) is 7.83. The van der Waals surface area contributed by atoms with Gasteiger partial charge in [-0.15, -0.1) is 0 Å². The first kappa shape index (κ1) is 18.6. The number of H-pyrrole nitrogens is 1. The van der Waals surface area contributed by atoms with E-state index < -0.39 is 0 Å². The van der Waals surface area contributed by atoms with Gasteiger partial charge in [-0.3, -0.25) is 9.59 Å². The molecule has 4 rings (SSSR count). The molecule has 0 unspecified atom stereocenters. The third-order valence-electron chi connectivity index (χ3n) is 4.62. The quantitative estimate of drug-likeness (QED) is 0.405. The molecule has 1 heterocycles. The first-order chi connectivity index (χ1) is 13.7. The van der Waals surface area contributed by atoms with Crippen LogP contribution in [0.5, 0.6) is 0 Å². The van der Waals surface area contributed by atoms with Crippen molar-refractivity contribution >= 4 is 34.6 Å². The van der Waals surface area contributed by atoms with E-state index in [9.17, 15) is 9.59 Å². The minimum atomic E-state index is -0.128. The normalized spacial score (nSPS) is 13.4. The summed E-state index contributed by atoms with van der Waals surface area (Å²) in [6.07, 6.45) is 1.97. The van der Waals surface area contributed by atoms with Gasteiger partial charge in [0, 0.05) is 30.3 Å². The molecular formula is C21H22N4O2S. The Morgan fingerprint density at radius 3 is 2.54 bits per heavy atom. The van der Waals surface area contributed by atoms with E-state index in [1.165, 1.54) is 0 Å². The van der Waals surface area contributed by atoms with Gasteiger partial charge in [0.1, 0.15) is 0 Å². The van der Waals surface area contributed by atoms with Crippen molar-refractivity contribution in [1.29, 1.82) is 0 Å². The van der Waals surface area contributed by atoms with Crippen LogP contribution in [0.4, 0.5) is 0 Å². The summed E-state index contributed by atoms with van der Waals surface area (Å²) >= 11 is 1.63. The van der Waals surface area contributed by atoms with Crippen molar-refractivity contribution in [3.8, 4) is 0 Å². The molecule has 28 heavy (non-hydrogen) atoms. The van der Waals surface area contributed by atoms with Crippen molar-refractivity contribution in [2.24, 2.45) is 5.92 Å². The molecule has 7 heteroatoms. The van der Waals surface area contributed by atoms with Crippen LogP contribution in [0.2, 0.25) is 0 Å². The fourth-order valence-electron chi connectivity index (χ4n) is 2.86. The molecule has 0 spiro atoms. The molecule has 0 atom stereocenters. The SMILES string of the molecule is O=C(NCCNC(=O)C1CC1)c1ccc(CSc2nc3ccccc3[nH]2)cc1. The van der Waals surface area contributed by atoms with Crippen LogP contribution in [0.15, 0.2) is 53.7 Å². The maximum absolute atomic E-state index is 12.2. The molecule has 3 N–H and O–H groups in total. The zero-order valence-corrected chi connectivity index (χ0v) is 16.2. The predicted octanol–water partition coefficient (Wildman–Crippen LogP) is 3.11. The lowest BCUT2D eigenvalue weighted by Crippen LogP contribution is -2.35. The van der Waals surface area contributed by atoms with Gasteiger partial charge >= 0.3 is 0 Å². The average Bonchev–Trinajstić information content (AvgIpc) is 3.49. The number of amides is 2. The lowest BCUT2D eigenvalue weighted by atomic mass is 10.1. The molecule has 3 aromatic rings. The third-order valence-corrected chi connectivity index (χ3v) is 5.56. The molecule has 0 aliphatic heterocycles. The second kappa shape index (κ2) is 8.48. The van der Waals surface area contributed by atoms with Gasteiger partial charge in [0.25, 0.3) is 5.91 Å². The summed E-state index contributed by atoms with van der Waals surface area (Å²) in [7, 11) is 0. The van der Waals surface area contributed by atoms with Crippen LogP contribution < -0.4 is 10.6 Å². The molecule has 0 bridgehead atoms. The number of fused-ring (bicyclic) bond motifs is 1. The molecule has 2 amide bonds. The van der Waals surface area contributed by atoms with E-state index in [1.807, 2.05) is 48.5 Å². The summed E-state index contributed by atoms with van der Waals surface area (Å²) in [6, 6.07) is 15.5. The number of thioether (sulfide) groups is 1. The molecule has 1 saturated carbocycles. The van der Waals surface area contributed by atoms with Crippen LogP contribution in [-0.2, 0) is 10.5 Å². The molecule has 0 radical (unpaired) electrons. The van der Waals surface area contributed by atoms with Gasteiger partial charge in [-0.25, -0.2) is 4.98 Å². The van der Waals surface area contributed by atoms with Gasteiger partial charge in [-0.2, -0.15) is 0 Å². The van der Waals surface area contributed by atoms with Crippen LogP contribution in [0, 0.1) is 5.92 Å². The molecule has 144 valence electrons. The van der Waals surface area contributed by atoms with Crippen molar-refractivity contribution in [3.63, 3.8) is 0 Å². The van der Waals surface area contributed by atoms with Crippen LogP contribution in [0.3, 0.4) is 0 Å². The number of hydrogen-bond donors (Lipinski definition) is 3. The number of aromatic nitrogens is 2. The molecule has 0 saturated heterocycles. The molecule has 6 nitrogen and oxygen atoms in total. The predicted molar refractivity (Wildman–Crippen MR) is 110 cm³/mol. The highest BCUT2D eigenvalue weighted by molar-refractivity contribution is 7.98. The fraction of sp³-hybridized carbons (Fsp3) is 0.286. The van der Waals surface area contributed by atoms with Gasteiger partial charge in [-0.1, -0.05) is 36.0 Å². The molecule has 1 aliphatic carbocycles. The summed E-state index contributed by atoms with van der Waals surface area (Å²) in [6.45, 7) is 0.897. The van der Waals surface area contributed by atoms with Crippen LogP contribution in [0.1, 0.15) is 28.8 Å². The van der Waals surface area contributed by atoms with Gasteiger partial charge in [0.05, 0.1) is 11.0 Å². The Balaban J connectivity index is 1.23. The van der Waals surface area contributed by atoms with Crippen LogP contribution >= 0.6 is 11.8 Å². The van der Waals surface area contributed by atoms with Gasteiger partial charge < -0.3 is 15.6 Å². The standard InChI is InChI=1S/C21H22N4O2S/c26-19(22-11-12-23-20(27)16-9-10-16)15-7-5-14(6-8-15)13-28-21-24-17-3-1-2-4-18(17)25-21/h1-8,16H,9-13H2,(H,22,26)(H,23,27)(H,24,25). The Morgan fingerprint density at radius 1 is 1.04 bits per heavy atom. The average molecular weight is 395 g/mol. The summed E-state index contributed by atoms with van der Waals surface area (Å²) in [5.41, 5.74) is 3.74. The minimum absolute atomic E-state index is 0.0977. The van der Waals surface area contributed by atoms with E-state index in [0.29, 0.717) is 18.7 Å². The highest BCUT2D eigenvalue weighted by atomic mass is 32.2. The molecule has 1 aliphatic rings. The second-order valence-electron chi connectivity index (χ2n) is 6.87. The van der Waals surface area contributed by atoms with Crippen molar-refractivity contribution in [3.05, 3.63) is 59.7 Å². The number of rotatable bonds is 8. The number of benzene rings is 2. The van der Waals surface area contributed by atoms with Gasteiger partial charge in [0.15, 0.2) is 5.16 Å². The van der Waals surface area contributed by atoms with Crippen LogP contribution in [-0.4, -0.2) is 34.9 Å².